The average Bonchev–Trinajstić information content (AvgIpc) is 2.94. The highest BCUT2D eigenvalue weighted by Gasteiger charge is 2.16. The molecular formula is C15H20N6O2S. The molecule has 2 aromatic rings. The van der Waals surface area contributed by atoms with Gasteiger partial charge in [-0.3, -0.25) is 9.59 Å². The number of carbonyl (C=O) groups excluding carboxylic acids is 2. The Hall–Kier alpha value is -2.55. The number of nitrogen functional groups attached to an aromatic ring is 1. The van der Waals surface area contributed by atoms with Crippen LogP contribution in [0, 0.1) is 13.8 Å². The molecule has 0 atom stereocenters. The quantitative estimate of drug-likeness (QED) is 0.591. The summed E-state index contributed by atoms with van der Waals surface area (Å²) in [6, 6.07) is 5.79. The number of amides is 2. The number of likely N-dealkylation sites (N-methyl/N-ethyl adjacent to an activating group) is 1. The van der Waals surface area contributed by atoms with Gasteiger partial charge in [-0.15, -0.1) is 10.2 Å². The molecule has 0 fully saturated rings. The van der Waals surface area contributed by atoms with E-state index in [1.165, 1.54) is 27.7 Å². The van der Waals surface area contributed by atoms with Crippen LogP contribution in [0.2, 0.25) is 0 Å². The fourth-order valence-electron chi connectivity index (χ4n) is 2.07. The fourth-order valence-corrected chi connectivity index (χ4v) is 2.84. The molecule has 2 amide bonds. The van der Waals surface area contributed by atoms with Gasteiger partial charge in [0.1, 0.15) is 6.33 Å². The van der Waals surface area contributed by atoms with Crippen molar-refractivity contribution in [2.75, 3.05) is 30.5 Å². The van der Waals surface area contributed by atoms with Crippen LogP contribution in [0.25, 0.3) is 0 Å². The summed E-state index contributed by atoms with van der Waals surface area (Å²) in [6.07, 6.45) is 1.36. The summed E-state index contributed by atoms with van der Waals surface area (Å²) in [6.45, 7) is 3.83. The molecule has 0 bridgehead atoms. The Morgan fingerprint density at radius 1 is 1.33 bits per heavy atom. The van der Waals surface area contributed by atoms with Crippen molar-refractivity contribution < 1.29 is 9.59 Å². The maximum Gasteiger partial charge on any atom is 0.243 e. The number of aryl methyl sites for hydroxylation is 2. The lowest BCUT2D eigenvalue weighted by atomic mass is 10.1. The van der Waals surface area contributed by atoms with Crippen molar-refractivity contribution in [2.24, 2.45) is 0 Å². The van der Waals surface area contributed by atoms with Crippen LogP contribution >= 0.6 is 11.8 Å². The molecule has 0 unspecified atom stereocenters. The number of hydrogen-bond donors (Lipinski definition) is 2. The van der Waals surface area contributed by atoms with Crippen molar-refractivity contribution in [3.8, 4) is 0 Å². The number of nitrogens with two attached hydrogens (primary N) is 1. The van der Waals surface area contributed by atoms with Crippen LogP contribution in [0.3, 0.4) is 0 Å². The molecule has 0 radical (unpaired) electrons. The van der Waals surface area contributed by atoms with Gasteiger partial charge in [-0.1, -0.05) is 30.0 Å². The van der Waals surface area contributed by atoms with Crippen molar-refractivity contribution in [1.82, 2.24) is 19.8 Å². The summed E-state index contributed by atoms with van der Waals surface area (Å²) >= 11 is 1.17. The Morgan fingerprint density at radius 3 is 2.58 bits per heavy atom. The highest BCUT2D eigenvalue weighted by molar-refractivity contribution is 7.99. The van der Waals surface area contributed by atoms with Crippen molar-refractivity contribution in [3.63, 3.8) is 0 Å². The molecule has 0 aliphatic rings. The number of anilines is 1. The number of aromatic nitrogens is 3. The highest BCUT2D eigenvalue weighted by Crippen LogP contribution is 2.19. The number of benzene rings is 1. The molecule has 0 saturated carbocycles. The van der Waals surface area contributed by atoms with Gasteiger partial charge < -0.3 is 16.1 Å². The first-order valence-corrected chi connectivity index (χ1v) is 8.25. The van der Waals surface area contributed by atoms with Crippen LogP contribution in [0.1, 0.15) is 11.1 Å². The summed E-state index contributed by atoms with van der Waals surface area (Å²) in [5, 5.41) is 10.7. The van der Waals surface area contributed by atoms with Gasteiger partial charge in [0.05, 0.1) is 12.3 Å². The maximum atomic E-state index is 12.2. The van der Waals surface area contributed by atoms with Crippen LogP contribution in [0.4, 0.5) is 5.69 Å². The maximum absolute atomic E-state index is 12.2. The molecule has 1 aromatic carbocycles. The second kappa shape index (κ2) is 7.82. The van der Waals surface area contributed by atoms with Gasteiger partial charge in [-0.25, -0.2) is 4.68 Å². The van der Waals surface area contributed by atoms with E-state index in [9.17, 15) is 9.59 Å². The number of carbonyl (C=O) groups is 2. The monoisotopic (exact) mass is 348 g/mol. The zero-order valence-corrected chi connectivity index (χ0v) is 14.6. The summed E-state index contributed by atoms with van der Waals surface area (Å²) in [5.74, 6) is 5.27. The largest absolute Gasteiger partial charge is 0.336 e. The van der Waals surface area contributed by atoms with Gasteiger partial charge >= 0.3 is 0 Å². The predicted octanol–water partition coefficient (Wildman–Crippen LogP) is 0.798. The van der Waals surface area contributed by atoms with Gasteiger partial charge in [0.25, 0.3) is 0 Å². The van der Waals surface area contributed by atoms with Crippen LogP contribution in [-0.2, 0) is 9.59 Å². The molecule has 24 heavy (non-hydrogen) atoms. The lowest BCUT2D eigenvalue weighted by Gasteiger charge is -2.18. The Bertz CT molecular complexity index is 725. The molecule has 2 rings (SSSR count). The Labute approximate surface area is 144 Å². The second-order valence-corrected chi connectivity index (χ2v) is 6.32. The molecule has 1 heterocycles. The standard InChI is InChI=1S/C15H20N6O2S/c1-10-5-4-6-11(2)14(10)18-12(22)7-20(3)13(23)8-24-15-19-17-9-21(15)16/h4-6,9H,7-8,16H2,1-3H3,(H,18,22). The van der Waals surface area contributed by atoms with Crippen LogP contribution in [-0.4, -0.2) is 50.9 Å². The van der Waals surface area contributed by atoms with Crippen molar-refractivity contribution in [3.05, 3.63) is 35.7 Å². The predicted molar refractivity (Wildman–Crippen MR) is 93.1 cm³/mol. The summed E-state index contributed by atoms with van der Waals surface area (Å²) in [5.41, 5.74) is 2.75. The lowest BCUT2D eigenvalue weighted by Crippen LogP contribution is -2.36. The number of para-hydroxylation sites is 1. The van der Waals surface area contributed by atoms with Crippen LogP contribution in [0.5, 0.6) is 0 Å². The number of hydrogen-bond acceptors (Lipinski definition) is 6. The van der Waals surface area contributed by atoms with Crippen LogP contribution < -0.4 is 11.2 Å². The highest BCUT2D eigenvalue weighted by atomic mass is 32.2. The Balaban J connectivity index is 1.86. The number of rotatable bonds is 6. The van der Waals surface area contributed by atoms with E-state index in [1.807, 2.05) is 32.0 Å². The van der Waals surface area contributed by atoms with E-state index >= 15 is 0 Å². The SMILES string of the molecule is Cc1cccc(C)c1NC(=O)CN(C)C(=O)CSc1nncn1N. The number of nitrogens with one attached hydrogen (secondary N) is 1. The normalized spacial score (nSPS) is 10.5. The minimum absolute atomic E-state index is 0.0253. The minimum Gasteiger partial charge on any atom is -0.336 e. The molecule has 0 aliphatic carbocycles. The summed E-state index contributed by atoms with van der Waals surface area (Å²) in [7, 11) is 1.58. The van der Waals surface area contributed by atoms with Gasteiger partial charge in [0.15, 0.2) is 0 Å². The van der Waals surface area contributed by atoms with E-state index < -0.39 is 0 Å². The Morgan fingerprint density at radius 2 is 2.00 bits per heavy atom. The smallest absolute Gasteiger partial charge is 0.243 e. The summed E-state index contributed by atoms with van der Waals surface area (Å²) < 4.78 is 1.24. The van der Waals surface area contributed by atoms with Crippen molar-refractivity contribution >= 4 is 29.3 Å². The number of thioether (sulfide) groups is 1. The topological polar surface area (TPSA) is 106 Å². The van der Waals surface area contributed by atoms with Crippen molar-refractivity contribution in [2.45, 2.75) is 19.0 Å². The molecule has 1 aromatic heterocycles. The van der Waals surface area contributed by atoms with Gasteiger partial charge in [0.2, 0.25) is 17.0 Å². The molecule has 9 heteroatoms. The molecule has 128 valence electrons. The van der Waals surface area contributed by atoms with E-state index in [4.69, 9.17) is 5.84 Å². The van der Waals surface area contributed by atoms with Gasteiger partial charge in [-0.05, 0) is 25.0 Å². The first kappa shape index (κ1) is 17.8. The van der Waals surface area contributed by atoms with Gasteiger partial charge in [-0.2, -0.15) is 0 Å². The van der Waals surface area contributed by atoms with E-state index in [0.717, 1.165) is 16.8 Å². The second-order valence-electron chi connectivity index (χ2n) is 5.37. The molecule has 0 saturated heterocycles. The lowest BCUT2D eigenvalue weighted by molar-refractivity contribution is -0.131. The molecule has 0 spiro atoms. The third-order valence-corrected chi connectivity index (χ3v) is 4.36. The van der Waals surface area contributed by atoms with E-state index in [2.05, 4.69) is 15.5 Å². The fraction of sp³-hybridized carbons (Fsp3) is 0.333. The van der Waals surface area contributed by atoms with Gasteiger partial charge in [0, 0.05) is 12.7 Å². The van der Waals surface area contributed by atoms with E-state index in [-0.39, 0.29) is 24.1 Å². The van der Waals surface area contributed by atoms with Crippen LogP contribution in [0.15, 0.2) is 29.7 Å². The first-order valence-electron chi connectivity index (χ1n) is 7.26. The molecule has 8 nitrogen and oxygen atoms in total. The van der Waals surface area contributed by atoms with E-state index in [0.29, 0.717) is 5.16 Å². The third kappa shape index (κ3) is 4.48. The molecule has 0 aliphatic heterocycles. The summed E-state index contributed by atoms with van der Waals surface area (Å²) in [4.78, 5) is 25.6. The zero-order chi connectivity index (χ0) is 17.7. The first-order chi connectivity index (χ1) is 11.4. The Kier molecular flexibility index (Phi) is 5.80. The average molecular weight is 348 g/mol. The molecule has 3 N–H and O–H groups in total. The number of nitrogens with zero attached hydrogens (tertiary/aromatic N) is 4. The minimum atomic E-state index is -0.241. The molecular weight excluding hydrogens is 328 g/mol. The van der Waals surface area contributed by atoms with E-state index in [1.54, 1.807) is 7.05 Å². The van der Waals surface area contributed by atoms with Crippen molar-refractivity contribution in [1.29, 1.82) is 0 Å². The third-order valence-electron chi connectivity index (χ3n) is 3.42. The zero-order valence-electron chi connectivity index (χ0n) is 13.8.